The van der Waals surface area contributed by atoms with Gasteiger partial charge in [0.25, 0.3) is 10.0 Å². The van der Waals surface area contributed by atoms with Gasteiger partial charge < -0.3 is 5.32 Å². The molecule has 0 fully saturated rings. The highest BCUT2D eigenvalue weighted by Crippen LogP contribution is 2.21. The molecule has 0 bridgehead atoms. The summed E-state index contributed by atoms with van der Waals surface area (Å²) in [6.45, 7) is 1.88. The largest absolute Gasteiger partial charge is 0.352 e. The SMILES string of the molecule is Cc1ccc(S(=O)(=O)NC2=CC(=O)C(Nc3ccccc3)=CC2=Nc2ccccc2)cc1. The fourth-order valence-corrected chi connectivity index (χ4v) is 4.15. The molecule has 160 valence electrons. The summed E-state index contributed by atoms with van der Waals surface area (Å²) in [5.41, 5.74) is 3.05. The van der Waals surface area contributed by atoms with Crippen LogP contribution in [0.25, 0.3) is 0 Å². The first-order valence-electron chi connectivity index (χ1n) is 9.94. The fourth-order valence-electron chi connectivity index (χ4n) is 3.08. The minimum atomic E-state index is -3.90. The Morgan fingerprint density at radius 2 is 1.38 bits per heavy atom. The third-order valence-corrected chi connectivity index (χ3v) is 6.11. The lowest BCUT2D eigenvalue weighted by Gasteiger charge is -2.18. The van der Waals surface area contributed by atoms with E-state index in [0.29, 0.717) is 17.1 Å². The highest BCUT2D eigenvalue weighted by atomic mass is 32.2. The Labute approximate surface area is 187 Å². The van der Waals surface area contributed by atoms with E-state index in [9.17, 15) is 13.2 Å². The van der Waals surface area contributed by atoms with Gasteiger partial charge in [0, 0.05) is 11.8 Å². The molecule has 1 aliphatic carbocycles. The normalized spacial score (nSPS) is 15.2. The minimum Gasteiger partial charge on any atom is -0.352 e. The molecule has 4 rings (SSSR count). The summed E-state index contributed by atoms with van der Waals surface area (Å²) in [6, 6.07) is 24.9. The van der Waals surface area contributed by atoms with Crippen LogP contribution < -0.4 is 10.0 Å². The van der Waals surface area contributed by atoms with Gasteiger partial charge in [-0.25, -0.2) is 13.4 Å². The molecule has 3 aromatic carbocycles. The Kier molecular flexibility index (Phi) is 6.00. The van der Waals surface area contributed by atoms with Crippen LogP contribution in [0.15, 0.2) is 118 Å². The Hall–Kier alpha value is -3.97. The molecular formula is C25H21N3O3S. The summed E-state index contributed by atoms with van der Waals surface area (Å²) >= 11 is 0. The van der Waals surface area contributed by atoms with E-state index >= 15 is 0 Å². The van der Waals surface area contributed by atoms with Crippen molar-refractivity contribution >= 4 is 32.9 Å². The summed E-state index contributed by atoms with van der Waals surface area (Å²) in [4.78, 5) is 17.5. The number of ketones is 1. The fraction of sp³-hybridized carbons (Fsp3) is 0.0400. The van der Waals surface area contributed by atoms with Crippen molar-refractivity contribution in [3.8, 4) is 0 Å². The van der Waals surface area contributed by atoms with E-state index in [1.54, 1.807) is 30.3 Å². The zero-order valence-corrected chi connectivity index (χ0v) is 18.1. The Balaban J connectivity index is 1.70. The highest BCUT2D eigenvalue weighted by Gasteiger charge is 2.24. The first-order valence-corrected chi connectivity index (χ1v) is 11.4. The van der Waals surface area contributed by atoms with Crippen molar-refractivity contribution in [2.75, 3.05) is 5.32 Å². The van der Waals surface area contributed by atoms with E-state index in [0.717, 1.165) is 11.3 Å². The van der Waals surface area contributed by atoms with Gasteiger partial charge in [-0.2, -0.15) is 0 Å². The molecule has 2 N–H and O–H groups in total. The predicted molar refractivity (Wildman–Crippen MR) is 126 cm³/mol. The van der Waals surface area contributed by atoms with Crippen LogP contribution in [-0.2, 0) is 14.8 Å². The molecule has 0 heterocycles. The minimum absolute atomic E-state index is 0.104. The summed E-state index contributed by atoms with van der Waals surface area (Å²) in [5.74, 6) is -0.359. The van der Waals surface area contributed by atoms with E-state index in [4.69, 9.17) is 0 Å². The Morgan fingerprint density at radius 3 is 2.03 bits per heavy atom. The van der Waals surface area contributed by atoms with Crippen molar-refractivity contribution in [1.82, 2.24) is 4.72 Å². The van der Waals surface area contributed by atoms with Crippen molar-refractivity contribution < 1.29 is 13.2 Å². The number of aryl methyl sites for hydroxylation is 1. The second-order valence-electron chi connectivity index (χ2n) is 7.22. The van der Waals surface area contributed by atoms with E-state index < -0.39 is 10.0 Å². The van der Waals surface area contributed by atoms with Crippen molar-refractivity contribution in [1.29, 1.82) is 0 Å². The molecular weight excluding hydrogens is 422 g/mol. The maximum atomic E-state index is 12.9. The number of sulfonamides is 1. The average Bonchev–Trinajstić information content (AvgIpc) is 2.78. The number of para-hydroxylation sites is 2. The molecule has 0 aliphatic heterocycles. The van der Waals surface area contributed by atoms with E-state index in [1.807, 2.05) is 55.5 Å². The molecule has 0 unspecified atom stereocenters. The zero-order valence-electron chi connectivity index (χ0n) is 17.3. The van der Waals surface area contributed by atoms with Gasteiger partial charge in [0.2, 0.25) is 5.78 Å². The first-order chi connectivity index (χ1) is 15.4. The number of nitrogens with one attached hydrogen (secondary N) is 2. The lowest BCUT2D eigenvalue weighted by molar-refractivity contribution is -0.111. The molecule has 7 heteroatoms. The smallest absolute Gasteiger partial charge is 0.261 e. The monoisotopic (exact) mass is 443 g/mol. The van der Waals surface area contributed by atoms with Gasteiger partial charge in [-0.3, -0.25) is 9.52 Å². The predicted octanol–water partition coefficient (Wildman–Crippen LogP) is 4.51. The van der Waals surface area contributed by atoms with Gasteiger partial charge in [0.15, 0.2) is 0 Å². The van der Waals surface area contributed by atoms with Gasteiger partial charge in [-0.05, 0) is 49.4 Å². The van der Waals surface area contributed by atoms with Gasteiger partial charge >= 0.3 is 0 Å². The summed E-state index contributed by atoms with van der Waals surface area (Å²) in [6.07, 6.45) is 2.80. The first kappa shape index (κ1) is 21.3. The van der Waals surface area contributed by atoms with Crippen LogP contribution in [0.3, 0.4) is 0 Å². The van der Waals surface area contributed by atoms with E-state index in [-0.39, 0.29) is 16.4 Å². The van der Waals surface area contributed by atoms with Gasteiger partial charge in [0.05, 0.1) is 27.7 Å². The number of anilines is 1. The summed E-state index contributed by atoms with van der Waals surface area (Å²) < 4.78 is 28.4. The third-order valence-electron chi connectivity index (χ3n) is 4.73. The van der Waals surface area contributed by atoms with Crippen LogP contribution >= 0.6 is 0 Å². The van der Waals surface area contributed by atoms with Crippen molar-refractivity contribution in [2.45, 2.75) is 11.8 Å². The molecule has 0 radical (unpaired) electrons. The van der Waals surface area contributed by atoms with Crippen molar-refractivity contribution in [3.05, 3.63) is 114 Å². The highest BCUT2D eigenvalue weighted by molar-refractivity contribution is 7.89. The van der Waals surface area contributed by atoms with Crippen LogP contribution in [0.5, 0.6) is 0 Å². The molecule has 1 aliphatic rings. The quantitative estimate of drug-likeness (QED) is 0.549. The summed E-state index contributed by atoms with van der Waals surface area (Å²) in [7, 11) is -3.90. The maximum absolute atomic E-state index is 12.9. The second kappa shape index (κ2) is 9.03. The Bertz CT molecular complexity index is 1330. The van der Waals surface area contributed by atoms with E-state index in [1.165, 1.54) is 18.2 Å². The molecule has 0 amide bonds. The lowest BCUT2D eigenvalue weighted by atomic mass is 10.1. The number of benzene rings is 3. The number of nitrogens with zero attached hydrogens (tertiary/aromatic N) is 1. The summed E-state index contributed by atoms with van der Waals surface area (Å²) in [5, 5.41) is 3.08. The molecule has 0 atom stereocenters. The van der Waals surface area contributed by atoms with Crippen LogP contribution in [0.2, 0.25) is 0 Å². The van der Waals surface area contributed by atoms with Crippen LogP contribution in [0, 0.1) is 6.92 Å². The average molecular weight is 444 g/mol. The number of hydrogen-bond acceptors (Lipinski definition) is 5. The topological polar surface area (TPSA) is 87.6 Å². The van der Waals surface area contributed by atoms with Gasteiger partial charge in [-0.15, -0.1) is 0 Å². The van der Waals surface area contributed by atoms with E-state index in [2.05, 4.69) is 15.0 Å². The molecule has 3 aromatic rings. The molecule has 0 aromatic heterocycles. The van der Waals surface area contributed by atoms with Crippen LogP contribution in [-0.4, -0.2) is 19.9 Å². The van der Waals surface area contributed by atoms with Crippen molar-refractivity contribution in [3.63, 3.8) is 0 Å². The number of carbonyl (C=O) groups excluding carboxylic acids is 1. The standard InChI is InChI=1S/C25H21N3O3S/c1-18-12-14-21(15-13-18)32(30,31)28-23-17-25(29)24(27-20-10-6-3-7-11-20)16-22(23)26-19-8-4-2-5-9-19/h2-17,27-28H,1H3. The molecule has 32 heavy (non-hydrogen) atoms. The number of aliphatic imine (C=N–C) groups is 1. The third kappa shape index (κ3) is 5.01. The number of allylic oxidation sites excluding steroid dienone is 2. The van der Waals surface area contributed by atoms with Crippen LogP contribution in [0.4, 0.5) is 11.4 Å². The lowest BCUT2D eigenvalue weighted by Crippen LogP contribution is -2.31. The second-order valence-corrected chi connectivity index (χ2v) is 8.90. The number of hydrogen-bond donors (Lipinski definition) is 2. The van der Waals surface area contributed by atoms with Crippen molar-refractivity contribution in [2.24, 2.45) is 4.99 Å². The van der Waals surface area contributed by atoms with Crippen LogP contribution in [0.1, 0.15) is 5.56 Å². The molecule has 0 spiro atoms. The molecule has 6 nitrogen and oxygen atoms in total. The molecule has 0 saturated heterocycles. The van der Waals surface area contributed by atoms with Gasteiger partial charge in [-0.1, -0.05) is 54.1 Å². The number of rotatable bonds is 6. The maximum Gasteiger partial charge on any atom is 0.261 e. The Morgan fingerprint density at radius 1 is 0.750 bits per heavy atom. The zero-order chi connectivity index (χ0) is 22.6. The molecule has 0 saturated carbocycles. The van der Waals surface area contributed by atoms with Gasteiger partial charge in [0.1, 0.15) is 0 Å². The number of carbonyl (C=O) groups is 1.